The van der Waals surface area contributed by atoms with Crippen LogP contribution >= 0.6 is 0 Å². The highest BCUT2D eigenvalue weighted by molar-refractivity contribution is 5.79. The molecule has 0 atom stereocenters. The highest BCUT2D eigenvalue weighted by Gasteiger charge is 2.15. The summed E-state index contributed by atoms with van der Waals surface area (Å²) in [5, 5.41) is 3.37. The number of aliphatic imine (C=N–C) groups is 1. The number of amides is 1. The summed E-state index contributed by atoms with van der Waals surface area (Å²) in [5.41, 5.74) is 2.62. The molecular weight excluding hydrogens is 324 g/mol. The van der Waals surface area contributed by atoms with E-state index in [2.05, 4.69) is 55.4 Å². The van der Waals surface area contributed by atoms with E-state index in [-0.39, 0.29) is 0 Å². The Morgan fingerprint density at radius 1 is 1.27 bits per heavy atom. The van der Waals surface area contributed by atoms with Gasteiger partial charge in [-0.1, -0.05) is 30.7 Å². The molecule has 0 saturated carbocycles. The van der Waals surface area contributed by atoms with E-state index in [4.69, 9.17) is 4.99 Å². The Morgan fingerprint density at radius 2 is 2.08 bits per heavy atom. The molecule has 0 unspecified atom stereocenters. The minimum Gasteiger partial charge on any atom is -0.357 e. The first-order chi connectivity index (χ1) is 12.6. The number of likely N-dealkylation sites (tertiary alicyclic amines) is 1. The molecule has 1 aromatic carbocycles. The Kier molecular flexibility index (Phi) is 8.45. The number of aryl methyl sites for hydroxylation is 1. The number of carbonyl (C=O) groups excluding carboxylic acids is 1. The Labute approximate surface area is 158 Å². The monoisotopic (exact) mass is 358 g/mol. The van der Waals surface area contributed by atoms with Gasteiger partial charge in [0.05, 0.1) is 0 Å². The molecule has 1 amide bonds. The predicted octanol–water partition coefficient (Wildman–Crippen LogP) is 3.19. The second-order valence-corrected chi connectivity index (χ2v) is 7.06. The molecule has 1 aromatic rings. The van der Waals surface area contributed by atoms with Crippen LogP contribution in [0.5, 0.6) is 0 Å². The third-order valence-corrected chi connectivity index (χ3v) is 4.88. The zero-order valence-corrected chi connectivity index (χ0v) is 16.6. The highest BCUT2D eigenvalue weighted by atomic mass is 16.2. The first-order valence-corrected chi connectivity index (χ1v) is 9.93. The van der Waals surface area contributed by atoms with Gasteiger partial charge in [-0.15, -0.1) is 0 Å². The molecule has 0 spiro atoms. The van der Waals surface area contributed by atoms with Crippen LogP contribution in [0.2, 0.25) is 0 Å². The fraction of sp³-hybridized carbons (Fsp3) is 0.619. The van der Waals surface area contributed by atoms with Gasteiger partial charge >= 0.3 is 0 Å². The van der Waals surface area contributed by atoms with Crippen molar-refractivity contribution in [3.63, 3.8) is 0 Å². The number of carbonyl (C=O) groups is 1. The fourth-order valence-corrected chi connectivity index (χ4v) is 3.31. The number of hydrogen-bond donors (Lipinski definition) is 1. The number of nitrogens with zero attached hydrogens (tertiary/aromatic N) is 3. The van der Waals surface area contributed by atoms with Crippen LogP contribution in [0.4, 0.5) is 0 Å². The molecule has 0 bridgehead atoms. The molecule has 2 rings (SSSR count). The van der Waals surface area contributed by atoms with Crippen LogP contribution in [-0.2, 0) is 11.3 Å². The lowest BCUT2D eigenvalue weighted by molar-refractivity contribution is -0.130. The summed E-state index contributed by atoms with van der Waals surface area (Å²) in [6.45, 7) is 8.40. The third kappa shape index (κ3) is 6.36. The first kappa shape index (κ1) is 20.3. The summed E-state index contributed by atoms with van der Waals surface area (Å²) in [4.78, 5) is 21.0. The van der Waals surface area contributed by atoms with Gasteiger partial charge in [-0.3, -0.25) is 9.79 Å². The molecule has 0 aromatic heterocycles. The van der Waals surface area contributed by atoms with E-state index in [9.17, 15) is 4.79 Å². The number of nitrogens with one attached hydrogen (secondary N) is 1. The number of rotatable bonds is 7. The highest BCUT2D eigenvalue weighted by Crippen LogP contribution is 2.12. The number of guanidine groups is 1. The van der Waals surface area contributed by atoms with E-state index in [1.807, 2.05) is 4.90 Å². The lowest BCUT2D eigenvalue weighted by atomic mass is 10.1. The van der Waals surface area contributed by atoms with E-state index >= 15 is 0 Å². The van der Waals surface area contributed by atoms with Crippen LogP contribution in [0.25, 0.3) is 0 Å². The minimum atomic E-state index is 0.315. The lowest BCUT2D eigenvalue weighted by Gasteiger charge is -2.23. The Balaban J connectivity index is 1.87. The first-order valence-electron chi connectivity index (χ1n) is 9.93. The maximum atomic E-state index is 12.1. The summed E-state index contributed by atoms with van der Waals surface area (Å²) in [6, 6.07) is 8.46. The zero-order chi connectivity index (χ0) is 18.8. The van der Waals surface area contributed by atoms with Crippen molar-refractivity contribution in [3.8, 4) is 0 Å². The van der Waals surface area contributed by atoms with E-state index in [0.29, 0.717) is 12.3 Å². The summed E-state index contributed by atoms with van der Waals surface area (Å²) in [6.07, 6.45) is 4.98. The van der Waals surface area contributed by atoms with Gasteiger partial charge in [-0.05, 0) is 44.2 Å². The molecule has 0 aliphatic carbocycles. The van der Waals surface area contributed by atoms with Gasteiger partial charge in [-0.25, -0.2) is 0 Å². The topological polar surface area (TPSA) is 47.9 Å². The predicted molar refractivity (Wildman–Crippen MR) is 108 cm³/mol. The van der Waals surface area contributed by atoms with Crippen molar-refractivity contribution in [2.45, 2.75) is 52.5 Å². The summed E-state index contributed by atoms with van der Waals surface area (Å²) < 4.78 is 0. The van der Waals surface area contributed by atoms with Gasteiger partial charge in [0.15, 0.2) is 5.96 Å². The van der Waals surface area contributed by atoms with Gasteiger partial charge in [-0.2, -0.15) is 0 Å². The van der Waals surface area contributed by atoms with Crippen molar-refractivity contribution in [3.05, 3.63) is 35.4 Å². The third-order valence-electron chi connectivity index (χ3n) is 4.88. The van der Waals surface area contributed by atoms with E-state index in [0.717, 1.165) is 57.9 Å². The second kappa shape index (κ2) is 10.8. The molecule has 1 fully saturated rings. The van der Waals surface area contributed by atoms with E-state index in [1.165, 1.54) is 17.5 Å². The van der Waals surface area contributed by atoms with Gasteiger partial charge in [0, 0.05) is 46.2 Å². The van der Waals surface area contributed by atoms with Crippen LogP contribution < -0.4 is 5.32 Å². The zero-order valence-electron chi connectivity index (χ0n) is 16.6. The minimum absolute atomic E-state index is 0.315. The molecule has 5 heteroatoms. The molecule has 1 saturated heterocycles. The second-order valence-electron chi connectivity index (χ2n) is 7.06. The quantitative estimate of drug-likeness (QED) is 0.463. The van der Waals surface area contributed by atoms with Gasteiger partial charge in [0.2, 0.25) is 5.91 Å². The van der Waals surface area contributed by atoms with Gasteiger partial charge in [0.1, 0.15) is 0 Å². The molecule has 1 N–H and O–H groups in total. The van der Waals surface area contributed by atoms with Crippen molar-refractivity contribution in [1.29, 1.82) is 0 Å². The Hall–Kier alpha value is -2.04. The van der Waals surface area contributed by atoms with E-state index < -0.39 is 0 Å². The van der Waals surface area contributed by atoms with Crippen LogP contribution in [0.3, 0.4) is 0 Å². The van der Waals surface area contributed by atoms with Crippen molar-refractivity contribution >= 4 is 11.9 Å². The van der Waals surface area contributed by atoms with Crippen LogP contribution in [0, 0.1) is 6.92 Å². The normalized spacial score (nSPS) is 15.7. The maximum Gasteiger partial charge on any atom is 0.222 e. The van der Waals surface area contributed by atoms with Crippen molar-refractivity contribution < 1.29 is 4.79 Å². The van der Waals surface area contributed by atoms with Crippen molar-refractivity contribution in [2.75, 3.05) is 33.2 Å². The molecular formula is C21H34N4O. The van der Waals surface area contributed by atoms with Crippen LogP contribution in [0.1, 0.15) is 50.2 Å². The SMILES string of the molecule is CCNC(=NCCCN1CCCCCC1=O)N(C)Cc1ccccc1C. The maximum absolute atomic E-state index is 12.1. The number of hydrogen-bond acceptors (Lipinski definition) is 2. The Bertz CT molecular complexity index is 599. The molecule has 1 aliphatic rings. The average molecular weight is 359 g/mol. The molecule has 0 radical (unpaired) electrons. The smallest absolute Gasteiger partial charge is 0.222 e. The number of benzene rings is 1. The fourth-order valence-electron chi connectivity index (χ4n) is 3.31. The molecule has 144 valence electrons. The summed E-state index contributed by atoms with van der Waals surface area (Å²) >= 11 is 0. The van der Waals surface area contributed by atoms with Crippen LogP contribution in [-0.4, -0.2) is 54.9 Å². The molecule has 1 heterocycles. The summed E-state index contributed by atoms with van der Waals surface area (Å²) in [5.74, 6) is 1.24. The van der Waals surface area contributed by atoms with Gasteiger partial charge in [0.25, 0.3) is 0 Å². The molecule has 5 nitrogen and oxygen atoms in total. The van der Waals surface area contributed by atoms with E-state index in [1.54, 1.807) is 0 Å². The largest absolute Gasteiger partial charge is 0.357 e. The Morgan fingerprint density at radius 3 is 2.85 bits per heavy atom. The standard InChI is InChI=1S/C21H34N4O/c1-4-22-21(24(3)17-19-12-8-7-11-18(19)2)23-14-10-16-25-15-9-5-6-13-20(25)26/h7-8,11-12H,4-6,9-10,13-17H2,1-3H3,(H,22,23). The lowest BCUT2D eigenvalue weighted by Crippen LogP contribution is -2.39. The van der Waals surface area contributed by atoms with Crippen molar-refractivity contribution in [2.24, 2.45) is 4.99 Å². The average Bonchev–Trinajstić information content (AvgIpc) is 2.84. The van der Waals surface area contributed by atoms with Gasteiger partial charge < -0.3 is 15.1 Å². The molecule has 26 heavy (non-hydrogen) atoms. The summed E-state index contributed by atoms with van der Waals surface area (Å²) in [7, 11) is 2.08. The van der Waals surface area contributed by atoms with Crippen molar-refractivity contribution in [1.82, 2.24) is 15.1 Å². The van der Waals surface area contributed by atoms with Crippen LogP contribution in [0.15, 0.2) is 29.3 Å². The molecule has 1 aliphatic heterocycles.